The fourth-order valence-corrected chi connectivity index (χ4v) is 2.84. The Kier molecular flexibility index (Phi) is 3.73. The van der Waals surface area contributed by atoms with Crippen LogP contribution < -0.4 is 5.56 Å². The van der Waals surface area contributed by atoms with Gasteiger partial charge in [-0.3, -0.25) is 14.5 Å². The van der Waals surface area contributed by atoms with Crippen molar-refractivity contribution in [2.45, 2.75) is 20.8 Å². The molecule has 0 spiro atoms. The summed E-state index contributed by atoms with van der Waals surface area (Å²) in [4.78, 5) is 24.8. The van der Waals surface area contributed by atoms with Gasteiger partial charge in [0.05, 0.1) is 29.6 Å². The first-order valence-electron chi connectivity index (χ1n) is 7.37. The van der Waals surface area contributed by atoms with Crippen LogP contribution in [0.3, 0.4) is 0 Å². The van der Waals surface area contributed by atoms with Crippen molar-refractivity contribution in [1.29, 1.82) is 0 Å². The van der Waals surface area contributed by atoms with E-state index in [0.717, 1.165) is 10.9 Å². The fraction of sp³-hybridized carbons (Fsp3) is 0.235. The van der Waals surface area contributed by atoms with E-state index in [9.17, 15) is 9.59 Å². The standard InChI is InChI=1S/C17H17N3O3/c1-4-23-17(22)15-10(2)8-14(21)20(11(15)3)13-7-5-6-12-9-18-19-16(12)13/h5-9H,4H2,1-3H3,(H,18,19). The molecule has 23 heavy (non-hydrogen) atoms. The number of para-hydroxylation sites is 1. The zero-order valence-corrected chi connectivity index (χ0v) is 13.2. The van der Waals surface area contributed by atoms with E-state index >= 15 is 0 Å². The van der Waals surface area contributed by atoms with E-state index in [2.05, 4.69) is 10.2 Å². The van der Waals surface area contributed by atoms with Gasteiger partial charge in [0.15, 0.2) is 0 Å². The Morgan fingerprint density at radius 1 is 1.35 bits per heavy atom. The maximum absolute atomic E-state index is 12.5. The van der Waals surface area contributed by atoms with Gasteiger partial charge >= 0.3 is 5.97 Å². The summed E-state index contributed by atoms with van der Waals surface area (Å²) in [5.74, 6) is -0.423. The monoisotopic (exact) mass is 311 g/mol. The molecule has 2 aromatic heterocycles. The lowest BCUT2D eigenvalue weighted by Crippen LogP contribution is -2.25. The summed E-state index contributed by atoms with van der Waals surface area (Å²) in [6.07, 6.45) is 1.69. The minimum atomic E-state index is -0.423. The van der Waals surface area contributed by atoms with Gasteiger partial charge in [0, 0.05) is 17.1 Å². The molecule has 3 rings (SSSR count). The molecule has 1 N–H and O–H groups in total. The van der Waals surface area contributed by atoms with Gasteiger partial charge in [-0.05, 0) is 32.4 Å². The lowest BCUT2D eigenvalue weighted by Gasteiger charge is -2.16. The van der Waals surface area contributed by atoms with Crippen LogP contribution >= 0.6 is 0 Å². The topological polar surface area (TPSA) is 77.0 Å². The number of nitrogens with zero attached hydrogens (tertiary/aromatic N) is 2. The largest absolute Gasteiger partial charge is 0.462 e. The number of ether oxygens (including phenoxy) is 1. The second kappa shape index (κ2) is 5.72. The number of aryl methyl sites for hydroxylation is 1. The third-order valence-electron chi connectivity index (χ3n) is 3.83. The molecule has 0 amide bonds. The smallest absolute Gasteiger partial charge is 0.340 e. The summed E-state index contributed by atoms with van der Waals surface area (Å²) in [6, 6.07) is 7.03. The number of carbonyl (C=O) groups is 1. The van der Waals surface area contributed by atoms with Crippen LogP contribution in [0, 0.1) is 13.8 Å². The first-order chi connectivity index (χ1) is 11.0. The Morgan fingerprint density at radius 2 is 2.13 bits per heavy atom. The first-order valence-corrected chi connectivity index (χ1v) is 7.37. The molecule has 0 fully saturated rings. The van der Waals surface area contributed by atoms with E-state index < -0.39 is 5.97 Å². The van der Waals surface area contributed by atoms with Crippen LogP contribution in [0.4, 0.5) is 0 Å². The number of nitrogens with one attached hydrogen (secondary N) is 1. The molecule has 6 nitrogen and oxygen atoms in total. The minimum Gasteiger partial charge on any atom is -0.462 e. The van der Waals surface area contributed by atoms with Crippen LogP contribution in [0.2, 0.25) is 0 Å². The predicted molar refractivity (Wildman–Crippen MR) is 87.1 cm³/mol. The molecule has 3 aromatic rings. The van der Waals surface area contributed by atoms with E-state index in [-0.39, 0.29) is 12.2 Å². The summed E-state index contributed by atoms with van der Waals surface area (Å²) >= 11 is 0. The average Bonchev–Trinajstić information content (AvgIpc) is 2.96. The number of rotatable bonds is 3. The van der Waals surface area contributed by atoms with Crippen molar-refractivity contribution in [1.82, 2.24) is 14.8 Å². The van der Waals surface area contributed by atoms with Crippen LogP contribution in [-0.4, -0.2) is 27.3 Å². The fourth-order valence-electron chi connectivity index (χ4n) is 2.84. The van der Waals surface area contributed by atoms with Gasteiger partial charge in [0.2, 0.25) is 0 Å². The zero-order chi connectivity index (χ0) is 16.6. The van der Waals surface area contributed by atoms with E-state index in [4.69, 9.17) is 4.74 Å². The van der Waals surface area contributed by atoms with Gasteiger partial charge < -0.3 is 4.74 Å². The molecule has 0 bridgehead atoms. The summed E-state index contributed by atoms with van der Waals surface area (Å²) < 4.78 is 6.63. The number of hydrogen-bond donors (Lipinski definition) is 1. The van der Waals surface area contributed by atoms with Crippen molar-refractivity contribution in [2.24, 2.45) is 0 Å². The maximum atomic E-state index is 12.5. The lowest BCUT2D eigenvalue weighted by molar-refractivity contribution is 0.0523. The number of pyridine rings is 1. The lowest BCUT2D eigenvalue weighted by atomic mass is 10.1. The van der Waals surface area contributed by atoms with Crippen molar-refractivity contribution < 1.29 is 9.53 Å². The predicted octanol–water partition coefficient (Wildman–Crippen LogP) is 2.51. The van der Waals surface area contributed by atoms with E-state index in [1.54, 1.807) is 27.0 Å². The highest BCUT2D eigenvalue weighted by Gasteiger charge is 2.19. The van der Waals surface area contributed by atoms with Crippen LogP contribution in [0.15, 0.2) is 35.3 Å². The number of H-pyrrole nitrogens is 1. The van der Waals surface area contributed by atoms with Crippen molar-refractivity contribution in [3.8, 4) is 5.69 Å². The number of aromatic nitrogens is 3. The van der Waals surface area contributed by atoms with Crippen LogP contribution in [0.5, 0.6) is 0 Å². The second-order valence-corrected chi connectivity index (χ2v) is 5.29. The van der Waals surface area contributed by atoms with Gasteiger partial charge in [-0.25, -0.2) is 4.79 Å². The van der Waals surface area contributed by atoms with Crippen molar-refractivity contribution in [3.63, 3.8) is 0 Å². The molecule has 118 valence electrons. The molecule has 6 heteroatoms. The Hall–Kier alpha value is -2.89. The Labute approximate surface area is 132 Å². The third kappa shape index (κ3) is 2.42. The number of fused-ring (bicyclic) bond motifs is 1. The van der Waals surface area contributed by atoms with E-state index in [1.165, 1.54) is 10.6 Å². The summed E-state index contributed by atoms with van der Waals surface area (Å²) in [7, 11) is 0. The highest BCUT2D eigenvalue weighted by Crippen LogP contribution is 2.22. The molecule has 0 saturated carbocycles. The average molecular weight is 311 g/mol. The SMILES string of the molecule is CCOC(=O)c1c(C)cc(=O)n(-c2cccc3cn[nH]c23)c1C. The summed E-state index contributed by atoms with van der Waals surface area (Å²) in [5.41, 5.74) is 2.79. The maximum Gasteiger partial charge on any atom is 0.340 e. The first kappa shape index (κ1) is 15.0. The van der Waals surface area contributed by atoms with Gasteiger partial charge in [0.1, 0.15) is 0 Å². The number of carbonyl (C=O) groups excluding carboxylic acids is 1. The zero-order valence-electron chi connectivity index (χ0n) is 13.2. The van der Waals surface area contributed by atoms with Gasteiger partial charge in [0.25, 0.3) is 5.56 Å². The third-order valence-corrected chi connectivity index (χ3v) is 3.83. The summed E-state index contributed by atoms with van der Waals surface area (Å²) in [6.45, 7) is 5.52. The highest BCUT2D eigenvalue weighted by atomic mass is 16.5. The van der Waals surface area contributed by atoms with Crippen LogP contribution in [0.1, 0.15) is 28.5 Å². The van der Waals surface area contributed by atoms with Crippen molar-refractivity contribution in [3.05, 3.63) is 57.6 Å². The Bertz CT molecular complexity index is 953. The highest BCUT2D eigenvalue weighted by molar-refractivity contribution is 5.93. The van der Waals surface area contributed by atoms with Crippen LogP contribution in [-0.2, 0) is 4.74 Å². The van der Waals surface area contributed by atoms with Crippen molar-refractivity contribution in [2.75, 3.05) is 6.61 Å². The molecule has 0 aliphatic rings. The molecular weight excluding hydrogens is 294 g/mol. The van der Waals surface area contributed by atoms with Crippen molar-refractivity contribution >= 4 is 16.9 Å². The Morgan fingerprint density at radius 3 is 2.87 bits per heavy atom. The summed E-state index contributed by atoms with van der Waals surface area (Å²) in [5, 5.41) is 7.82. The number of aromatic amines is 1. The number of hydrogen-bond acceptors (Lipinski definition) is 4. The minimum absolute atomic E-state index is 0.199. The van der Waals surface area contributed by atoms with E-state index in [1.807, 2.05) is 18.2 Å². The molecule has 0 atom stereocenters. The van der Waals surface area contributed by atoms with Gasteiger partial charge in [-0.1, -0.05) is 12.1 Å². The van der Waals surface area contributed by atoms with E-state index in [0.29, 0.717) is 22.5 Å². The molecule has 0 saturated heterocycles. The van der Waals surface area contributed by atoms with Gasteiger partial charge in [-0.2, -0.15) is 5.10 Å². The molecule has 0 aliphatic carbocycles. The molecule has 1 aromatic carbocycles. The van der Waals surface area contributed by atoms with Gasteiger partial charge in [-0.15, -0.1) is 0 Å². The molecule has 0 radical (unpaired) electrons. The number of esters is 1. The molecule has 2 heterocycles. The molecule has 0 aliphatic heterocycles. The number of benzene rings is 1. The molecule has 0 unspecified atom stereocenters. The second-order valence-electron chi connectivity index (χ2n) is 5.29. The normalized spacial score (nSPS) is 10.9. The van der Waals surface area contributed by atoms with Crippen LogP contribution in [0.25, 0.3) is 16.6 Å². The Balaban J connectivity index is 2.32. The molecular formula is C17H17N3O3. The quantitative estimate of drug-likeness (QED) is 0.754.